The van der Waals surface area contributed by atoms with Crippen LogP contribution in [0.3, 0.4) is 0 Å². The molecule has 0 fully saturated rings. The fraction of sp³-hybridized carbons (Fsp3) is 0.231. The molecular weight excluding hydrogens is 482 g/mol. The quantitative estimate of drug-likeness (QED) is 0.215. The molecule has 0 radical (unpaired) electrons. The van der Waals surface area contributed by atoms with Gasteiger partial charge in [-0.1, -0.05) is 99.0 Å². The largest absolute Gasteiger partial charge is 0.310 e. The van der Waals surface area contributed by atoms with E-state index in [0.717, 1.165) is 12.8 Å². The molecule has 0 aromatic heterocycles. The van der Waals surface area contributed by atoms with E-state index in [-0.39, 0.29) is 5.41 Å². The van der Waals surface area contributed by atoms with Gasteiger partial charge in [0, 0.05) is 22.5 Å². The van der Waals surface area contributed by atoms with Crippen molar-refractivity contribution in [2.24, 2.45) is 0 Å². The smallest absolute Gasteiger partial charge is 0.0465 e. The summed E-state index contributed by atoms with van der Waals surface area (Å²) in [5, 5.41) is 0. The van der Waals surface area contributed by atoms with Crippen molar-refractivity contribution >= 4 is 17.1 Å². The van der Waals surface area contributed by atoms with Crippen LogP contribution in [0.15, 0.2) is 103 Å². The van der Waals surface area contributed by atoms with Crippen LogP contribution in [0, 0.1) is 20.8 Å². The number of aryl methyl sites for hydroxylation is 4. The van der Waals surface area contributed by atoms with Crippen LogP contribution in [-0.2, 0) is 11.8 Å². The van der Waals surface area contributed by atoms with Crippen LogP contribution >= 0.6 is 0 Å². The third-order valence-corrected chi connectivity index (χ3v) is 8.68. The van der Waals surface area contributed by atoms with Crippen LogP contribution < -0.4 is 4.90 Å². The first-order valence-corrected chi connectivity index (χ1v) is 14.6. The summed E-state index contributed by atoms with van der Waals surface area (Å²) < 4.78 is 0. The standard InChI is InChI=1S/C39H39N/c1-7-10-29-23-36-34-22-21-32(40(30-17-13-26(2)14-18-30)31-19-15-27(3)16-20-31)24-37(34)39(5,6)38(36)25-35(29)33-12-9-8-11-28(33)4/h8-9,11-25H,7,10H2,1-6H3. The second kappa shape index (κ2) is 10.1. The van der Waals surface area contributed by atoms with Crippen LogP contribution in [0.2, 0.25) is 0 Å². The number of anilines is 3. The maximum atomic E-state index is 2.50. The summed E-state index contributed by atoms with van der Waals surface area (Å²) in [6.07, 6.45) is 2.22. The molecule has 0 unspecified atom stereocenters. The van der Waals surface area contributed by atoms with Gasteiger partial charge >= 0.3 is 0 Å². The topological polar surface area (TPSA) is 3.24 Å². The number of benzene rings is 5. The predicted octanol–water partition coefficient (Wildman–Crippen LogP) is 11.0. The van der Waals surface area contributed by atoms with Crippen molar-refractivity contribution in [3.63, 3.8) is 0 Å². The lowest BCUT2D eigenvalue weighted by molar-refractivity contribution is 0.660. The van der Waals surface area contributed by atoms with Crippen molar-refractivity contribution in [3.8, 4) is 22.3 Å². The summed E-state index contributed by atoms with van der Waals surface area (Å²) in [7, 11) is 0. The highest BCUT2D eigenvalue weighted by atomic mass is 15.1. The van der Waals surface area contributed by atoms with Gasteiger partial charge in [-0.3, -0.25) is 0 Å². The monoisotopic (exact) mass is 521 g/mol. The lowest BCUT2D eigenvalue weighted by Crippen LogP contribution is -2.17. The van der Waals surface area contributed by atoms with E-state index in [1.54, 1.807) is 0 Å². The van der Waals surface area contributed by atoms with Gasteiger partial charge in [0.25, 0.3) is 0 Å². The Morgan fingerprint density at radius 1 is 0.550 bits per heavy atom. The maximum absolute atomic E-state index is 2.50. The Morgan fingerprint density at radius 3 is 1.73 bits per heavy atom. The van der Waals surface area contributed by atoms with Gasteiger partial charge in [0.05, 0.1) is 0 Å². The predicted molar refractivity (Wildman–Crippen MR) is 172 cm³/mol. The van der Waals surface area contributed by atoms with Gasteiger partial charge in [0.1, 0.15) is 0 Å². The Kier molecular flexibility index (Phi) is 6.62. The molecule has 1 nitrogen and oxygen atoms in total. The molecule has 40 heavy (non-hydrogen) atoms. The van der Waals surface area contributed by atoms with Crippen molar-refractivity contribution in [1.29, 1.82) is 0 Å². The Balaban J connectivity index is 1.52. The first kappa shape index (κ1) is 26.1. The zero-order chi connectivity index (χ0) is 28.0. The third-order valence-electron chi connectivity index (χ3n) is 8.68. The van der Waals surface area contributed by atoms with Gasteiger partial charge in [0.15, 0.2) is 0 Å². The maximum Gasteiger partial charge on any atom is 0.0465 e. The zero-order valence-electron chi connectivity index (χ0n) is 24.7. The number of hydrogen-bond donors (Lipinski definition) is 0. The Morgan fingerprint density at radius 2 is 1.12 bits per heavy atom. The molecular formula is C39H39N. The van der Waals surface area contributed by atoms with Gasteiger partial charge in [-0.05, 0) is 114 Å². The molecule has 5 aromatic rings. The normalized spacial score (nSPS) is 13.2. The molecule has 5 aromatic carbocycles. The molecule has 0 aliphatic heterocycles. The van der Waals surface area contributed by atoms with Crippen LogP contribution in [0.5, 0.6) is 0 Å². The fourth-order valence-corrected chi connectivity index (χ4v) is 6.39. The summed E-state index contributed by atoms with van der Waals surface area (Å²) in [6.45, 7) is 13.6. The summed E-state index contributed by atoms with van der Waals surface area (Å²) in [4.78, 5) is 2.39. The molecule has 0 amide bonds. The highest BCUT2D eigenvalue weighted by Crippen LogP contribution is 2.52. The number of hydrogen-bond acceptors (Lipinski definition) is 1. The van der Waals surface area contributed by atoms with Crippen LogP contribution in [0.25, 0.3) is 22.3 Å². The minimum absolute atomic E-state index is 0.102. The third kappa shape index (κ3) is 4.44. The van der Waals surface area contributed by atoms with Crippen molar-refractivity contribution in [2.75, 3.05) is 4.90 Å². The number of rotatable bonds is 6. The minimum atomic E-state index is -0.102. The molecule has 200 valence electrons. The van der Waals surface area contributed by atoms with Crippen LogP contribution in [0.4, 0.5) is 17.1 Å². The molecule has 0 heterocycles. The highest BCUT2D eigenvalue weighted by molar-refractivity contribution is 5.88. The summed E-state index contributed by atoms with van der Waals surface area (Å²) in [6, 6.07) is 38.6. The lowest BCUT2D eigenvalue weighted by Gasteiger charge is -2.28. The van der Waals surface area contributed by atoms with E-state index < -0.39 is 0 Å². The van der Waals surface area contributed by atoms with E-state index in [0.29, 0.717) is 0 Å². The van der Waals surface area contributed by atoms with E-state index in [4.69, 9.17) is 0 Å². The molecule has 1 heteroatoms. The summed E-state index contributed by atoms with van der Waals surface area (Å²) in [5.74, 6) is 0. The second-order valence-corrected chi connectivity index (χ2v) is 12.0. The molecule has 6 rings (SSSR count). The van der Waals surface area contributed by atoms with Gasteiger partial charge in [0.2, 0.25) is 0 Å². The minimum Gasteiger partial charge on any atom is -0.310 e. The molecule has 0 saturated carbocycles. The number of nitrogens with zero attached hydrogens (tertiary/aromatic N) is 1. The Bertz CT molecular complexity index is 1640. The molecule has 1 aliphatic rings. The van der Waals surface area contributed by atoms with E-state index in [2.05, 4.69) is 150 Å². The van der Waals surface area contributed by atoms with E-state index in [1.165, 1.54) is 72.7 Å². The Hall–Kier alpha value is -4.10. The molecule has 1 aliphatic carbocycles. The van der Waals surface area contributed by atoms with Crippen LogP contribution in [-0.4, -0.2) is 0 Å². The zero-order valence-corrected chi connectivity index (χ0v) is 24.7. The number of fused-ring (bicyclic) bond motifs is 3. The summed E-state index contributed by atoms with van der Waals surface area (Å²) in [5.41, 5.74) is 17.1. The van der Waals surface area contributed by atoms with E-state index >= 15 is 0 Å². The van der Waals surface area contributed by atoms with Crippen molar-refractivity contribution in [1.82, 2.24) is 0 Å². The molecule has 0 bridgehead atoms. The molecule has 0 spiro atoms. The first-order chi connectivity index (χ1) is 19.3. The van der Waals surface area contributed by atoms with Crippen molar-refractivity contribution < 1.29 is 0 Å². The van der Waals surface area contributed by atoms with Gasteiger partial charge in [-0.2, -0.15) is 0 Å². The molecule has 0 atom stereocenters. The first-order valence-electron chi connectivity index (χ1n) is 14.6. The van der Waals surface area contributed by atoms with Crippen molar-refractivity contribution in [3.05, 3.63) is 137 Å². The van der Waals surface area contributed by atoms with Crippen molar-refractivity contribution in [2.45, 2.75) is 59.8 Å². The van der Waals surface area contributed by atoms with E-state index in [9.17, 15) is 0 Å². The highest BCUT2D eigenvalue weighted by Gasteiger charge is 2.37. The van der Waals surface area contributed by atoms with Gasteiger partial charge in [-0.25, -0.2) is 0 Å². The lowest BCUT2D eigenvalue weighted by atomic mass is 9.80. The fourth-order valence-electron chi connectivity index (χ4n) is 6.39. The van der Waals surface area contributed by atoms with Gasteiger partial charge < -0.3 is 4.90 Å². The van der Waals surface area contributed by atoms with E-state index in [1.807, 2.05) is 0 Å². The van der Waals surface area contributed by atoms with Gasteiger partial charge in [-0.15, -0.1) is 0 Å². The average Bonchev–Trinajstić information content (AvgIpc) is 3.16. The SMILES string of the molecule is CCCc1cc2c(cc1-c1ccccc1C)C(C)(C)c1cc(N(c3ccc(C)cc3)c3ccc(C)cc3)ccc1-2. The second-order valence-electron chi connectivity index (χ2n) is 12.0. The molecule has 0 saturated heterocycles. The Labute approximate surface area is 240 Å². The summed E-state index contributed by atoms with van der Waals surface area (Å²) >= 11 is 0. The molecule has 0 N–H and O–H groups in total. The average molecular weight is 522 g/mol. The van der Waals surface area contributed by atoms with Crippen LogP contribution in [0.1, 0.15) is 60.6 Å².